The molecule has 118 valence electrons. The predicted molar refractivity (Wildman–Crippen MR) is 87.7 cm³/mol. The number of benzene rings is 1. The summed E-state index contributed by atoms with van der Waals surface area (Å²) < 4.78 is 1.48. The fourth-order valence-electron chi connectivity index (χ4n) is 2.11. The lowest BCUT2D eigenvalue weighted by atomic mass is 10.2. The Balaban J connectivity index is 1.53. The van der Waals surface area contributed by atoms with Crippen molar-refractivity contribution >= 4 is 17.2 Å². The first-order chi connectivity index (χ1) is 11.2. The first-order valence-corrected chi connectivity index (χ1v) is 8.09. The number of thiophene rings is 1. The van der Waals surface area contributed by atoms with Crippen LogP contribution in [0.5, 0.6) is 0 Å². The summed E-state index contributed by atoms with van der Waals surface area (Å²) in [5.74, 6) is -0.219. The van der Waals surface area contributed by atoms with E-state index in [0.29, 0.717) is 0 Å². The minimum Gasteiger partial charge on any atom is -0.387 e. The summed E-state index contributed by atoms with van der Waals surface area (Å²) in [4.78, 5) is 11.9. The standard InChI is InChI=1S/C16H16N4O2S/c21-15(13-6-7-23-11-13)8-17-16(22)10-20-9-14(18-19-20)12-4-2-1-3-5-12/h1-7,9,11,15,21H,8,10H2,(H,17,22). The second-order valence-electron chi connectivity index (χ2n) is 5.04. The third-order valence-corrected chi connectivity index (χ3v) is 4.04. The number of carbonyl (C=O) groups excluding carboxylic acids is 1. The van der Waals surface area contributed by atoms with E-state index in [1.165, 1.54) is 16.0 Å². The molecule has 1 unspecified atom stereocenters. The zero-order chi connectivity index (χ0) is 16.1. The molecule has 0 saturated carbocycles. The van der Waals surface area contributed by atoms with Crippen LogP contribution in [-0.2, 0) is 11.3 Å². The van der Waals surface area contributed by atoms with Crippen LogP contribution in [0.3, 0.4) is 0 Å². The van der Waals surface area contributed by atoms with Crippen molar-refractivity contribution in [2.75, 3.05) is 6.54 Å². The lowest BCUT2D eigenvalue weighted by Gasteiger charge is -2.10. The summed E-state index contributed by atoms with van der Waals surface area (Å²) >= 11 is 1.51. The van der Waals surface area contributed by atoms with Crippen LogP contribution in [0.1, 0.15) is 11.7 Å². The summed E-state index contributed by atoms with van der Waals surface area (Å²) in [5, 5.41) is 24.4. The number of nitrogens with zero attached hydrogens (tertiary/aromatic N) is 3. The molecule has 3 rings (SSSR count). The minimum atomic E-state index is -0.694. The van der Waals surface area contributed by atoms with E-state index in [1.54, 1.807) is 6.20 Å². The molecule has 0 saturated heterocycles. The highest BCUT2D eigenvalue weighted by molar-refractivity contribution is 7.07. The van der Waals surface area contributed by atoms with Gasteiger partial charge >= 0.3 is 0 Å². The van der Waals surface area contributed by atoms with E-state index in [4.69, 9.17) is 0 Å². The zero-order valence-corrected chi connectivity index (χ0v) is 13.1. The summed E-state index contributed by atoms with van der Waals surface area (Å²) in [6, 6.07) is 11.5. The lowest BCUT2D eigenvalue weighted by molar-refractivity contribution is -0.122. The third kappa shape index (κ3) is 4.02. The lowest BCUT2D eigenvalue weighted by Crippen LogP contribution is -2.31. The van der Waals surface area contributed by atoms with Gasteiger partial charge < -0.3 is 10.4 Å². The third-order valence-electron chi connectivity index (χ3n) is 3.33. The van der Waals surface area contributed by atoms with Crippen molar-refractivity contribution in [2.45, 2.75) is 12.6 Å². The number of carbonyl (C=O) groups is 1. The fourth-order valence-corrected chi connectivity index (χ4v) is 2.82. The molecule has 3 aromatic rings. The summed E-state index contributed by atoms with van der Waals surface area (Å²) in [6.07, 6.45) is 1.03. The van der Waals surface area contributed by atoms with Gasteiger partial charge in [-0.25, -0.2) is 4.68 Å². The van der Waals surface area contributed by atoms with E-state index < -0.39 is 6.10 Å². The van der Waals surface area contributed by atoms with Gasteiger partial charge in [0.25, 0.3) is 0 Å². The van der Waals surface area contributed by atoms with Gasteiger partial charge in [0.15, 0.2) is 0 Å². The van der Waals surface area contributed by atoms with Crippen LogP contribution in [0, 0.1) is 0 Å². The average Bonchev–Trinajstić information content (AvgIpc) is 3.25. The van der Waals surface area contributed by atoms with Crippen molar-refractivity contribution in [3.63, 3.8) is 0 Å². The van der Waals surface area contributed by atoms with Gasteiger partial charge in [-0.1, -0.05) is 35.5 Å². The molecule has 2 heterocycles. The highest BCUT2D eigenvalue weighted by Crippen LogP contribution is 2.16. The molecule has 7 heteroatoms. The SMILES string of the molecule is O=C(Cn1cc(-c2ccccc2)nn1)NCC(O)c1ccsc1. The molecule has 2 N–H and O–H groups in total. The van der Waals surface area contributed by atoms with E-state index in [2.05, 4.69) is 15.6 Å². The van der Waals surface area contributed by atoms with Crippen molar-refractivity contribution in [1.82, 2.24) is 20.3 Å². The van der Waals surface area contributed by atoms with Crippen LogP contribution in [0.15, 0.2) is 53.4 Å². The Bertz CT molecular complexity index is 756. The maximum Gasteiger partial charge on any atom is 0.241 e. The monoisotopic (exact) mass is 328 g/mol. The second kappa shape index (κ2) is 7.17. The van der Waals surface area contributed by atoms with Gasteiger partial charge in [0.2, 0.25) is 5.91 Å². The van der Waals surface area contributed by atoms with Crippen molar-refractivity contribution < 1.29 is 9.90 Å². The van der Waals surface area contributed by atoms with Crippen molar-refractivity contribution in [3.05, 3.63) is 58.9 Å². The first-order valence-electron chi connectivity index (χ1n) is 7.15. The number of hydrogen-bond donors (Lipinski definition) is 2. The van der Waals surface area contributed by atoms with E-state index in [1.807, 2.05) is 47.2 Å². The molecule has 0 spiro atoms. The quantitative estimate of drug-likeness (QED) is 0.724. The molecule has 6 nitrogen and oxygen atoms in total. The molecule has 0 aliphatic rings. The normalized spacial score (nSPS) is 12.0. The minimum absolute atomic E-state index is 0.0657. The molecule has 0 bridgehead atoms. The van der Waals surface area contributed by atoms with Gasteiger partial charge in [0.05, 0.1) is 12.3 Å². The highest BCUT2D eigenvalue weighted by atomic mass is 32.1. The number of hydrogen-bond acceptors (Lipinski definition) is 5. The smallest absolute Gasteiger partial charge is 0.241 e. The van der Waals surface area contributed by atoms with Crippen LogP contribution in [0.2, 0.25) is 0 Å². The predicted octanol–water partition coefficient (Wildman–Crippen LogP) is 1.86. The molecular weight excluding hydrogens is 312 g/mol. The number of aliphatic hydroxyl groups is 1. The van der Waals surface area contributed by atoms with E-state index in [0.717, 1.165) is 16.8 Å². The first kappa shape index (κ1) is 15.4. The largest absolute Gasteiger partial charge is 0.387 e. The van der Waals surface area contributed by atoms with Crippen LogP contribution in [-0.4, -0.2) is 32.6 Å². The Morgan fingerprint density at radius 2 is 2.13 bits per heavy atom. The highest BCUT2D eigenvalue weighted by Gasteiger charge is 2.11. The Morgan fingerprint density at radius 3 is 2.87 bits per heavy atom. The van der Waals surface area contributed by atoms with E-state index >= 15 is 0 Å². The maximum atomic E-state index is 11.9. The van der Waals surface area contributed by atoms with Gasteiger partial charge in [-0.05, 0) is 22.4 Å². The Morgan fingerprint density at radius 1 is 1.30 bits per heavy atom. The van der Waals surface area contributed by atoms with Gasteiger partial charge in [-0.3, -0.25) is 4.79 Å². The molecule has 23 heavy (non-hydrogen) atoms. The van der Waals surface area contributed by atoms with E-state index in [9.17, 15) is 9.90 Å². The molecular formula is C16H16N4O2S. The van der Waals surface area contributed by atoms with Crippen LogP contribution < -0.4 is 5.32 Å². The number of aromatic nitrogens is 3. The number of aliphatic hydroxyl groups excluding tert-OH is 1. The summed E-state index contributed by atoms with van der Waals surface area (Å²) in [5.41, 5.74) is 2.48. The molecule has 0 aliphatic carbocycles. The molecule has 1 aromatic carbocycles. The zero-order valence-electron chi connectivity index (χ0n) is 12.3. The van der Waals surface area contributed by atoms with Crippen molar-refractivity contribution in [3.8, 4) is 11.3 Å². The Kier molecular flexibility index (Phi) is 4.80. The molecule has 1 atom stereocenters. The second-order valence-corrected chi connectivity index (χ2v) is 5.82. The topological polar surface area (TPSA) is 80.0 Å². The number of nitrogens with one attached hydrogen (secondary N) is 1. The maximum absolute atomic E-state index is 11.9. The van der Waals surface area contributed by atoms with Gasteiger partial charge in [0, 0.05) is 12.1 Å². The molecule has 0 fully saturated rings. The van der Waals surface area contributed by atoms with Gasteiger partial charge in [0.1, 0.15) is 12.2 Å². The van der Waals surface area contributed by atoms with Gasteiger partial charge in [-0.15, -0.1) is 5.10 Å². The number of rotatable bonds is 6. The van der Waals surface area contributed by atoms with Gasteiger partial charge in [-0.2, -0.15) is 11.3 Å². The summed E-state index contributed by atoms with van der Waals surface area (Å²) in [6.45, 7) is 0.242. The van der Waals surface area contributed by atoms with Crippen LogP contribution >= 0.6 is 11.3 Å². The summed E-state index contributed by atoms with van der Waals surface area (Å²) in [7, 11) is 0. The molecule has 2 aromatic heterocycles. The fraction of sp³-hybridized carbons (Fsp3) is 0.188. The van der Waals surface area contributed by atoms with Crippen molar-refractivity contribution in [1.29, 1.82) is 0 Å². The van der Waals surface area contributed by atoms with Crippen LogP contribution in [0.4, 0.5) is 0 Å². The molecule has 0 radical (unpaired) electrons. The van der Waals surface area contributed by atoms with E-state index in [-0.39, 0.29) is 19.0 Å². The van der Waals surface area contributed by atoms with Crippen LogP contribution in [0.25, 0.3) is 11.3 Å². The number of amides is 1. The van der Waals surface area contributed by atoms with Crippen molar-refractivity contribution in [2.24, 2.45) is 0 Å². The Hall–Kier alpha value is -2.51. The molecule has 0 aliphatic heterocycles. The Labute approximate surface area is 137 Å². The molecule has 1 amide bonds. The average molecular weight is 328 g/mol.